The van der Waals surface area contributed by atoms with Crippen molar-refractivity contribution in [1.82, 2.24) is 0 Å². The Balaban J connectivity index is 1.62. The first-order valence-corrected chi connectivity index (χ1v) is 8.18. The smallest absolute Gasteiger partial charge is 0.0693 e. The highest BCUT2D eigenvalue weighted by atomic mass is 32.2. The lowest BCUT2D eigenvalue weighted by Gasteiger charge is -2.38. The number of thioether (sulfide) groups is 1. The first kappa shape index (κ1) is 13.5. The zero-order valence-electron chi connectivity index (χ0n) is 11.3. The second-order valence-electron chi connectivity index (χ2n) is 5.77. The Morgan fingerprint density at radius 2 is 1.95 bits per heavy atom. The van der Waals surface area contributed by atoms with Crippen LogP contribution in [-0.2, 0) is 11.3 Å². The topological polar surface area (TPSA) is 29.5 Å². The summed E-state index contributed by atoms with van der Waals surface area (Å²) < 4.78 is 6.08. The van der Waals surface area contributed by atoms with Gasteiger partial charge in [-0.15, -0.1) is 11.8 Å². The molecule has 0 amide bonds. The van der Waals surface area contributed by atoms with E-state index in [0.29, 0.717) is 5.25 Å². The lowest BCUT2D eigenvalue weighted by molar-refractivity contribution is -0.0703. The van der Waals surface area contributed by atoms with Crippen molar-refractivity contribution < 1.29 is 9.84 Å². The predicted molar refractivity (Wildman–Crippen MR) is 78.4 cm³/mol. The summed E-state index contributed by atoms with van der Waals surface area (Å²) in [4.78, 5) is 1.32. The van der Waals surface area contributed by atoms with Crippen LogP contribution in [-0.4, -0.2) is 22.6 Å². The Hall–Kier alpha value is -0.510. The Bertz CT molecular complexity index is 409. The number of benzene rings is 1. The molecule has 3 heteroatoms. The van der Waals surface area contributed by atoms with Gasteiger partial charge in [0.15, 0.2) is 0 Å². The van der Waals surface area contributed by atoms with Crippen LogP contribution in [0.5, 0.6) is 0 Å². The number of hydrogen-bond donors (Lipinski definition) is 1. The summed E-state index contributed by atoms with van der Waals surface area (Å²) in [5.41, 5.74) is 1.20. The average molecular weight is 278 g/mol. The van der Waals surface area contributed by atoms with Gasteiger partial charge in [0.2, 0.25) is 0 Å². The molecule has 1 aliphatic heterocycles. The van der Waals surface area contributed by atoms with Crippen molar-refractivity contribution in [3.8, 4) is 0 Å². The maximum Gasteiger partial charge on any atom is 0.0693 e. The van der Waals surface area contributed by atoms with E-state index in [1.165, 1.54) is 37.0 Å². The Morgan fingerprint density at radius 3 is 2.63 bits per heavy atom. The van der Waals surface area contributed by atoms with E-state index in [1.807, 2.05) is 23.9 Å². The van der Waals surface area contributed by atoms with Crippen LogP contribution in [0.2, 0.25) is 0 Å². The molecule has 0 aromatic heterocycles. The number of aliphatic hydroxyl groups excluding tert-OH is 1. The molecule has 2 aliphatic rings. The molecule has 1 saturated carbocycles. The SMILES string of the molecule is OCc1ccc(SC2CCOC3(CCCC3)C2)cc1. The van der Waals surface area contributed by atoms with Crippen LogP contribution in [0.3, 0.4) is 0 Å². The van der Waals surface area contributed by atoms with Gasteiger partial charge in [0.25, 0.3) is 0 Å². The Kier molecular flexibility index (Phi) is 4.15. The van der Waals surface area contributed by atoms with Gasteiger partial charge in [0, 0.05) is 16.8 Å². The minimum Gasteiger partial charge on any atom is -0.392 e. The average Bonchev–Trinajstić information content (AvgIpc) is 2.88. The third-order valence-corrected chi connectivity index (χ3v) is 5.65. The van der Waals surface area contributed by atoms with E-state index in [9.17, 15) is 0 Å². The van der Waals surface area contributed by atoms with Crippen LogP contribution in [0.25, 0.3) is 0 Å². The summed E-state index contributed by atoms with van der Waals surface area (Å²) >= 11 is 1.98. The molecule has 3 rings (SSSR count). The molecule has 1 aliphatic carbocycles. The molecule has 19 heavy (non-hydrogen) atoms. The monoisotopic (exact) mass is 278 g/mol. The molecule has 1 heterocycles. The summed E-state index contributed by atoms with van der Waals surface area (Å²) in [6.45, 7) is 1.05. The first-order valence-electron chi connectivity index (χ1n) is 7.30. The van der Waals surface area contributed by atoms with Crippen molar-refractivity contribution in [2.75, 3.05) is 6.61 Å². The van der Waals surface area contributed by atoms with Gasteiger partial charge < -0.3 is 9.84 Å². The van der Waals surface area contributed by atoms with Crippen LogP contribution < -0.4 is 0 Å². The quantitative estimate of drug-likeness (QED) is 0.913. The normalized spacial score (nSPS) is 25.8. The standard InChI is InChI=1S/C16H22O2S/c17-12-13-3-5-14(6-4-13)19-15-7-10-18-16(11-15)8-1-2-9-16/h3-6,15,17H,1-2,7-12H2. The van der Waals surface area contributed by atoms with Gasteiger partial charge in [-0.1, -0.05) is 25.0 Å². The van der Waals surface area contributed by atoms with Gasteiger partial charge in [-0.25, -0.2) is 0 Å². The Labute approximate surface area is 119 Å². The second kappa shape index (κ2) is 5.86. The Morgan fingerprint density at radius 1 is 1.21 bits per heavy atom. The van der Waals surface area contributed by atoms with Crippen molar-refractivity contribution in [2.24, 2.45) is 0 Å². The minimum atomic E-state index is 0.130. The lowest BCUT2D eigenvalue weighted by atomic mass is 9.92. The van der Waals surface area contributed by atoms with Crippen molar-refractivity contribution in [3.05, 3.63) is 29.8 Å². The molecular formula is C16H22O2S. The minimum absolute atomic E-state index is 0.130. The molecule has 1 N–H and O–H groups in total. The molecule has 1 spiro atoms. The van der Waals surface area contributed by atoms with Crippen LogP contribution in [0.4, 0.5) is 0 Å². The fourth-order valence-electron chi connectivity index (χ4n) is 3.32. The summed E-state index contributed by atoms with van der Waals surface area (Å²) in [6, 6.07) is 8.31. The molecule has 2 fully saturated rings. The molecule has 1 saturated heterocycles. The van der Waals surface area contributed by atoms with Gasteiger partial charge in [-0.2, -0.15) is 0 Å². The van der Waals surface area contributed by atoms with Crippen molar-refractivity contribution in [1.29, 1.82) is 0 Å². The number of ether oxygens (including phenoxy) is 1. The zero-order valence-corrected chi connectivity index (χ0v) is 12.1. The molecule has 104 valence electrons. The molecule has 0 bridgehead atoms. The molecule has 1 unspecified atom stereocenters. The molecule has 2 nitrogen and oxygen atoms in total. The number of hydrogen-bond acceptors (Lipinski definition) is 3. The van der Waals surface area contributed by atoms with Crippen LogP contribution in [0.15, 0.2) is 29.2 Å². The first-order chi connectivity index (χ1) is 9.30. The van der Waals surface area contributed by atoms with E-state index in [1.54, 1.807) is 0 Å². The predicted octanol–water partition coefficient (Wildman–Crippen LogP) is 3.76. The highest BCUT2D eigenvalue weighted by Gasteiger charge is 2.40. The van der Waals surface area contributed by atoms with Gasteiger partial charge in [-0.05, 0) is 43.4 Å². The number of aliphatic hydroxyl groups is 1. The third kappa shape index (κ3) is 3.15. The van der Waals surface area contributed by atoms with Crippen molar-refractivity contribution in [2.45, 2.75) is 60.9 Å². The van der Waals surface area contributed by atoms with Crippen molar-refractivity contribution in [3.63, 3.8) is 0 Å². The second-order valence-corrected chi connectivity index (χ2v) is 7.15. The maximum absolute atomic E-state index is 9.07. The summed E-state index contributed by atoms with van der Waals surface area (Å²) in [7, 11) is 0. The summed E-state index contributed by atoms with van der Waals surface area (Å²) in [6.07, 6.45) is 7.56. The number of rotatable bonds is 3. The molecule has 1 aromatic carbocycles. The third-order valence-electron chi connectivity index (χ3n) is 4.37. The van der Waals surface area contributed by atoms with E-state index in [-0.39, 0.29) is 12.2 Å². The van der Waals surface area contributed by atoms with Crippen LogP contribution >= 0.6 is 11.8 Å². The lowest BCUT2D eigenvalue weighted by Crippen LogP contribution is -2.38. The maximum atomic E-state index is 9.07. The molecule has 0 radical (unpaired) electrons. The highest BCUT2D eigenvalue weighted by molar-refractivity contribution is 8.00. The van der Waals surface area contributed by atoms with Gasteiger partial charge in [0.05, 0.1) is 12.2 Å². The van der Waals surface area contributed by atoms with Crippen molar-refractivity contribution >= 4 is 11.8 Å². The summed E-state index contributed by atoms with van der Waals surface area (Å²) in [5, 5.41) is 9.75. The van der Waals surface area contributed by atoms with E-state index in [2.05, 4.69) is 12.1 Å². The van der Waals surface area contributed by atoms with Crippen LogP contribution in [0.1, 0.15) is 44.1 Å². The highest BCUT2D eigenvalue weighted by Crippen LogP contribution is 2.44. The summed E-state index contributed by atoms with van der Waals surface area (Å²) in [5.74, 6) is 0. The molecule has 1 aromatic rings. The largest absolute Gasteiger partial charge is 0.392 e. The zero-order chi connectivity index (χ0) is 13.1. The molecular weight excluding hydrogens is 256 g/mol. The fraction of sp³-hybridized carbons (Fsp3) is 0.625. The van der Waals surface area contributed by atoms with Crippen LogP contribution in [0, 0.1) is 0 Å². The van der Waals surface area contributed by atoms with Gasteiger partial charge >= 0.3 is 0 Å². The van der Waals surface area contributed by atoms with Gasteiger partial charge in [-0.3, -0.25) is 0 Å². The van der Waals surface area contributed by atoms with E-state index in [4.69, 9.17) is 9.84 Å². The fourth-order valence-corrected chi connectivity index (χ4v) is 4.60. The van der Waals surface area contributed by atoms with E-state index < -0.39 is 0 Å². The van der Waals surface area contributed by atoms with Gasteiger partial charge in [0.1, 0.15) is 0 Å². The molecule has 1 atom stereocenters. The van der Waals surface area contributed by atoms with E-state index >= 15 is 0 Å². The van der Waals surface area contributed by atoms with E-state index in [0.717, 1.165) is 18.6 Å².